The lowest BCUT2D eigenvalue weighted by Crippen LogP contribution is -2.38. The van der Waals surface area contributed by atoms with Crippen LogP contribution in [0.2, 0.25) is 0 Å². The van der Waals surface area contributed by atoms with Crippen LogP contribution in [0, 0.1) is 5.82 Å². The van der Waals surface area contributed by atoms with E-state index < -0.39 is 5.54 Å². The van der Waals surface area contributed by atoms with Gasteiger partial charge in [0.15, 0.2) is 0 Å². The van der Waals surface area contributed by atoms with Crippen molar-refractivity contribution in [1.29, 1.82) is 0 Å². The van der Waals surface area contributed by atoms with Crippen LogP contribution < -0.4 is 4.74 Å². The van der Waals surface area contributed by atoms with Crippen molar-refractivity contribution >= 4 is 5.91 Å². The fourth-order valence-corrected chi connectivity index (χ4v) is 2.95. The summed E-state index contributed by atoms with van der Waals surface area (Å²) in [4.78, 5) is 14.4. The van der Waals surface area contributed by atoms with Gasteiger partial charge in [-0.25, -0.2) is 4.39 Å². The molecule has 1 heterocycles. The van der Waals surface area contributed by atoms with Gasteiger partial charge in [0.25, 0.3) is 5.91 Å². The van der Waals surface area contributed by atoms with Gasteiger partial charge in [0, 0.05) is 12.1 Å². The Morgan fingerprint density at radius 3 is 2.45 bits per heavy atom. The summed E-state index contributed by atoms with van der Waals surface area (Å²) >= 11 is 0. The maximum absolute atomic E-state index is 13.4. The lowest BCUT2D eigenvalue weighted by molar-refractivity contribution is 0.0595. The minimum Gasteiger partial charge on any atom is -0.497 e. The highest BCUT2D eigenvalue weighted by Gasteiger charge is 2.42. The number of hydrogen-bond donors (Lipinski definition) is 0. The summed E-state index contributed by atoms with van der Waals surface area (Å²) in [6.07, 6.45) is 0. The van der Waals surface area contributed by atoms with E-state index in [2.05, 4.69) is 0 Å². The molecule has 22 heavy (non-hydrogen) atoms. The Morgan fingerprint density at radius 2 is 1.82 bits per heavy atom. The lowest BCUT2D eigenvalue weighted by Gasteiger charge is -2.32. The number of amides is 1. The smallest absolute Gasteiger partial charge is 0.255 e. The quantitative estimate of drug-likeness (QED) is 0.864. The van der Waals surface area contributed by atoms with Crippen molar-refractivity contribution in [3.05, 3.63) is 65.0 Å². The number of nitrogens with zero attached hydrogens (tertiary/aromatic N) is 1. The molecule has 0 unspecified atom stereocenters. The highest BCUT2D eigenvalue weighted by Crippen LogP contribution is 2.39. The fourth-order valence-electron chi connectivity index (χ4n) is 2.95. The Bertz CT molecular complexity index is 722. The van der Waals surface area contributed by atoms with Crippen LogP contribution in [0.15, 0.2) is 42.5 Å². The van der Waals surface area contributed by atoms with E-state index in [4.69, 9.17) is 4.74 Å². The van der Waals surface area contributed by atoms with Crippen LogP contribution in [-0.4, -0.2) is 17.9 Å². The summed E-state index contributed by atoms with van der Waals surface area (Å²) < 4.78 is 18.6. The van der Waals surface area contributed by atoms with Gasteiger partial charge in [-0.05, 0) is 49.2 Å². The Morgan fingerprint density at radius 1 is 1.14 bits per heavy atom. The molecule has 114 valence electrons. The Kier molecular flexibility index (Phi) is 3.39. The number of fused-ring (bicyclic) bond motifs is 1. The molecule has 3 rings (SSSR count). The molecule has 0 aliphatic carbocycles. The molecule has 0 atom stereocenters. The molecule has 0 fully saturated rings. The summed E-state index contributed by atoms with van der Waals surface area (Å²) in [7, 11) is 1.62. The van der Waals surface area contributed by atoms with Crippen LogP contribution >= 0.6 is 0 Å². The first-order chi connectivity index (χ1) is 10.4. The number of rotatable bonds is 3. The van der Waals surface area contributed by atoms with E-state index in [1.165, 1.54) is 12.1 Å². The molecule has 4 heteroatoms. The molecule has 0 N–H and O–H groups in total. The second kappa shape index (κ2) is 5.13. The van der Waals surface area contributed by atoms with E-state index in [-0.39, 0.29) is 11.7 Å². The van der Waals surface area contributed by atoms with E-state index in [1.807, 2.05) is 38.1 Å². The molecule has 0 saturated carbocycles. The predicted octanol–water partition coefficient (Wildman–Crippen LogP) is 3.73. The first-order valence-electron chi connectivity index (χ1n) is 7.18. The summed E-state index contributed by atoms with van der Waals surface area (Å²) in [5.74, 6) is 0.269. The number of carbonyl (C=O) groups is 1. The topological polar surface area (TPSA) is 29.5 Å². The highest BCUT2D eigenvalue weighted by molar-refractivity contribution is 5.99. The van der Waals surface area contributed by atoms with Crippen molar-refractivity contribution < 1.29 is 13.9 Å². The molecule has 0 saturated heterocycles. The molecule has 0 bridgehead atoms. The van der Waals surface area contributed by atoms with Crippen molar-refractivity contribution in [2.45, 2.75) is 25.9 Å². The molecule has 0 radical (unpaired) electrons. The molecule has 0 spiro atoms. The molecular weight excluding hydrogens is 281 g/mol. The van der Waals surface area contributed by atoms with E-state index in [0.29, 0.717) is 12.1 Å². The van der Waals surface area contributed by atoms with Gasteiger partial charge in [-0.1, -0.05) is 18.2 Å². The van der Waals surface area contributed by atoms with E-state index in [9.17, 15) is 9.18 Å². The van der Waals surface area contributed by atoms with Crippen molar-refractivity contribution in [3.63, 3.8) is 0 Å². The third kappa shape index (κ3) is 2.25. The highest BCUT2D eigenvalue weighted by atomic mass is 19.1. The summed E-state index contributed by atoms with van der Waals surface area (Å²) in [5.41, 5.74) is 1.88. The maximum atomic E-state index is 13.4. The monoisotopic (exact) mass is 299 g/mol. The average molecular weight is 299 g/mol. The largest absolute Gasteiger partial charge is 0.497 e. The van der Waals surface area contributed by atoms with E-state index in [0.717, 1.165) is 16.9 Å². The minimum absolute atomic E-state index is 0.129. The first kappa shape index (κ1) is 14.6. The van der Waals surface area contributed by atoms with Gasteiger partial charge >= 0.3 is 0 Å². The first-order valence-corrected chi connectivity index (χ1v) is 7.18. The van der Waals surface area contributed by atoms with Crippen molar-refractivity contribution in [1.82, 2.24) is 4.90 Å². The molecule has 1 aliphatic heterocycles. The lowest BCUT2D eigenvalue weighted by atomic mass is 9.93. The third-order valence-corrected chi connectivity index (χ3v) is 4.29. The molecule has 1 amide bonds. The van der Waals surface area contributed by atoms with E-state index in [1.54, 1.807) is 18.1 Å². The zero-order chi connectivity index (χ0) is 15.9. The number of carbonyl (C=O) groups excluding carboxylic acids is 1. The van der Waals surface area contributed by atoms with Crippen LogP contribution in [0.4, 0.5) is 4.39 Å². The molecule has 2 aromatic rings. The summed E-state index contributed by atoms with van der Waals surface area (Å²) in [6.45, 7) is 4.45. The van der Waals surface area contributed by atoms with Crippen molar-refractivity contribution in [3.8, 4) is 5.75 Å². The van der Waals surface area contributed by atoms with E-state index >= 15 is 0 Å². The molecule has 3 nitrogen and oxygen atoms in total. The molecule has 1 aliphatic rings. The Balaban J connectivity index is 1.93. The zero-order valence-corrected chi connectivity index (χ0v) is 12.9. The van der Waals surface area contributed by atoms with Gasteiger partial charge in [-0.3, -0.25) is 4.79 Å². The van der Waals surface area contributed by atoms with Gasteiger partial charge in [-0.15, -0.1) is 0 Å². The van der Waals surface area contributed by atoms with Gasteiger partial charge in [0.1, 0.15) is 11.6 Å². The zero-order valence-electron chi connectivity index (χ0n) is 12.9. The SMILES string of the molecule is COc1ccc(CN2C(=O)c3cc(F)ccc3C2(C)C)cc1. The molecular formula is C18H18FNO2. The van der Waals surface area contributed by atoms with Crippen LogP contribution in [-0.2, 0) is 12.1 Å². The van der Waals surface area contributed by atoms with Crippen LogP contribution in [0.1, 0.15) is 35.3 Å². The van der Waals surface area contributed by atoms with Crippen molar-refractivity contribution in [2.75, 3.05) is 7.11 Å². The third-order valence-electron chi connectivity index (χ3n) is 4.29. The number of ether oxygens (including phenoxy) is 1. The van der Waals surface area contributed by atoms with Gasteiger partial charge in [0.05, 0.1) is 12.6 Å². The summed E-state index contributed by atoms with van der Waals surface area (Å²) in [6, 6.07) is 12.1. The maximum Gasteiger partial charge on any atom is 0.255 e. The van der Waals surface area contributed by atoms with Gasteiger partial charge < -0.3 is 9.64 Å². The van der Waals surface area contributed by atoms with Crippen molar-refractivity contribution in [2.24, 2.45) is 0 Å². The van der Waals surface area contributed by atoms with Crippen LogP contribution in [0.25, 0.3) is 0 Å². The van der Waals surface area contributed by atoms with Gasteiger partial charge in [-0.2, -0.15) is 0 Å². The number of benzene rings is 2. The molecule has 2 aromatic carbocycles. The number of hydrogen-bond acceptors (Lipinski definition) is 2. The second-order valence-corrected chi connectivity index (χ2v) is 5.99. The fraction of sp³-hybridized carbons (Fsp3) is 0.278. The normalized spacial score (nSPS) is 15.8. The van der Waals surface area contributed by atoms with Gasteiger partial charge in [0.2, 0.25) is 0 Å². The molecule has 0 aromatic heterocycles. The Labute approximate surface area is 129 Å². The van der Waals surface area contributed by atoms with Crippen LogP contribution in [0.5, 0.6) is 5.75 Å². The minimum atomic E-state index is -0.458. The second-order valence-electron chi connectivity index (χ2n) is 5.99. The number of halogens is 1. The van der Waals surface area contributed by atoms with Crippen LogP contribution in [0.3, 0.4) is 0 Å². The predicted molar refractivity (Wildman–Crippen MR) is 82.3 cm³/mol. The summed E-state index contributed by atoms with van der Waals surface area (Å²) in [5, 5.41) is 0. The average Bonchev–Trinajstić information content (AvgIpc) is 2.68. The standard InChI is InChI=1S/C18H18FNO2/c1-18(2)16-9-6-13(19)10-15(16)17(21)20(18)11-12-4-7-14(22-3)8-5-12/h4-10H,11H2,1-3H3. The number of methoxy groups -OCH3 is 1. The Hall–Kier alpha value is -2.36.